The third kappa shape index (κ3) is 5.44. The van der Waals surface area contributed by atoms with Crippen molar-refractivity contribution < 1.29 is 26.0 Å². The number of amides is 1. The van der Waals surface area contributed by atoms with Gasteiger partial charge in [-0.3, -0.25) is 4.79 Å². The van der Waals surface area contributed by atoms with E-state index in [1.807, 2.05) is 0 Å². The minimum atomic E-state index is -3.78. The van der Waals surface area contributed by atoms with E-state index in [2.05, 4.69) is 0 Å². The lowest BCUT2D eigenvalue weighted by Crippen LogP contribution is -2.37. The summed E-state index contributed by atoms with van der Waals surface area (Å²) in [5, 5.41) is 0. The van der Waals surface area contributed by atoms with E-state index in [1.165, 1.54) is 16.4 Å². The Kier molecular flexibility index (Phi) is 6.59. The normalized spacial score (nSPS) is 16.3. The molecule has 1 fully saturated rings. The molecule has 1 heterocycles. The van der Waals surface area contributed by atoms with Crippen molar-refractivity contribution in [1.29, 1.82) is 0 Å². The second-order valence-electron chi connectivity index (χ2n) is 7.27. The van der Waals surface area contributed by atoms with E-state index in [-0.39, 0.29) is 36.2 Å². The molecule has 7 nitrogen and oxygen atoms in total. The van der Waals surface area contributed by atoms with Crippen LogP contribution < -0.4 is 0 Å². The molecule has 162 valence electrons. The number of carbonyl (C=O) groups excluding carboxylic acids is 1. The van der Waals surface area contributed by atoms with Crippen LogP contribution in [-0.4, -0.2) is 64.4 Å². The van der Waals surface area contributed by atoms with Gasteiger partial charge in [0.2, 0.25) is 10.0 Å². The van der Waals surface area contributed by atoms with Gasteiger partial charge in [0.15, 0.2) is 9.84 Å². The number of carbonyl (C=O) groups is 1. The van der Waals surface area contributed by atoms with Crippen molar-refractivity contribution in [2.45, 2.75) is 17.1 Å². The van der Waals surface area contributed by atoms with Gasteiger partial charge in [-0.05, 0) is 48.4 Å². The third-order valence-corrected chi connectivity index (χ3v) is 7.57. The van der Waals surface area contributed by atoms with Gasteiger partial charge in [-0.15, -0.1) is 0 Å². The first-order chi connectivity index (χ1) is 14.1. The average Bonchev–Trinajstić information content (AvgIpc) is 2.93. The summed E-state index contributed by atoms with van der Waals surface area (Å²) >= 11 is 0. The fourth-order valence-corrected chi connectivity index (χ4v) is 5.63. The first kappa shape index (κ1) is 22.4. The van der Waals surface area contributed by atoms with Crippen LogP contribution in [0.1, 0.15) is 22.3 Å². The van der Waals surface area contributed by atoms with Crippen molar-refractivity contribution in [3.63, 3.8) is 0 Å². The average molecular weight is 455 g/mol. The largest absolute Gasteiger partial charge is 0.337 e. The molecule has 1 aliphatic heterocycles. The van der Waals surface area contributed by atoms with Gasteiger partial charge in [0.05, 0.1) is 10.6 Å². The van der Waals surface area contributed by atoms with Gasteiger partial charge in [-0.2, -0.15) is 4.31 Å². The maximum atomic E-state index is 13.1. The molecule has 0 aliphatic carbocycles. The number of sulfonamides is 1. The first-order valence-electron chi connectivity index (χ1n) is 9.38. The maximum absolute atomic E-state index is 13.1. The Morgan fingerprint density at radius 2 is 1.67 bits per heavy atom. The second-order valence-corrected chi connectivity index (χ2v) is 11.4. The Bertz CT molecular complexity index is 1130. The van der Waals surface area contributed by atoms with E-state index in [0.29, 0.717) is 24.1 Å². The van der Waals surface area contributed by atoms with Crippen LogP contribution in [0.2, 0.25) is 0 Å². The van der Waals surface area contributed by atoms with E-state index >= 15 is 0 Å². The lowest BCUT2D eigenvalue weighted by atomic mass is 10.1. The van der Waals surface area contributed by atoms with Crippen LogP contribution in [0.4, 0.5) is 4.39 Å². The highest BCUT2D eigenvalue weighted by atomic mass is 32.2. The summed E-state index contributed by atoms with van der Waals surface area (Å²) in [5.74, 6) is -0.941. The molecule has 0 spiro atoms. The van der Waals surface area contributed by atoms with Crippen LogP contribution in [0.5, 0.6) is 0 Å². The standard InChI is InChI=1S/C20H23FN2O5S2/c1-29(25,26)15-16-4-2-5-17(14-16)20(24)22-10-3-11-23(13-12-22)30(27,28)19-8-6-18(21)7-9-19/h2,4-9,14H,3,10-13,15H2,1H3. The Labute approximate surface area is 176 Å². The molecule has 1 aliphatic rings. The number of nitrogens with zero attached hydrogens (tertiary/aromatic N) is 2. The molecule has 0 bridgehead atoms. The van der Waals surface area contributed by atoms with Crippen molar-refractivity contribution in [1.82, 2.24) is 9.21 Å². The van der Waals surface area contributed by atoms with Crippen molar-refractivity contribution in [2.24, 2.45) is 0 Å². The van der Waals surface area contributed by atoms with E-state index in [4.69, 9.17) is 0 Å². The van der Waals surface area contributed by atoms with Gasteiger partial charge in [-0.1, -0.05) is 12.1 Å². The number of benzene rings is 2. The molecule has 2 aromatic carbocycles. The zero-order valence-electron chi connectivity index (χ0n) is 16.5. The number of hydrogen-bond acceptors (Lipinski definition) is 5. The lowest BCUT2D eigenvalue weighted by Gasteiger charge is -2.22. The van der Waals surface area contributed by atoms with Crippen molar-refractivity contribution in [3.05, 3.63) is 65.5 Å². The molecule has 30 heavy (non-hydrogen) atoms. The molecule has 0 unspecified atom stereocenters. The van der Waals surface area contributed by atoms with Gasteiger partial charge in [0.25, 0.3) is 5.91 Å². The monoisotopic (exact) mass is 454 g/mol. The summed E-state index contributed by atoms with van der Waals surface area (Å²) in [7, 11) is -7.01. The SMILES string of the molecule is CS(=O)(=O)Cc1cccc(C(=O)N2CCCN(S(=O)(=O)c3ccc(F)cc3)CC2)c1. The van der Waals surface area contributed by atoms with E-state index < -0.39 is 25.7 Å². The topological polar surface area (TPSA) is 91.8 Å². The summed E-state index contributed by atoms with van der Waals surface area (Å²) < 4.78 is 63.1. The summed E-state index contributed by atoms with van der Waals surface area (Å²) in [6.45, 7) is 0.951. The highest BCUT2D eigenvalue weighted by molar-refractivity contribution is 7.90. The summed E-state index contributed by atoms with van der Waals surface area (Å²) in [5.41, 5.74) is 0.893. The molecule has 10 heteroatoms. The van der Waals surface area contributed by atoms with E-state index in [1.54, 1.807) is 29.2 Å². The van der Waals surface area contributed by atoms with E-state index in [0.717, 1.165) is 18.4 Å². The highest BCUT2D eigenvalue weighted by Crippen LogP contribution is 2.19. The van der Waals surface area contributed by atoms with Crippen molar-refractivity contribution in [3.8, 4) is 0 Å². The number of halogens is 1. The van der Waals surface area contributed by atoms with Gasteiger partial charge in [-0.25, -0.2) is 21.2 Å². The molecular formula is C20H23FN2O5S2. The van der Waals surface area contributed by atoms with Crippen LogP contribution >= 0.6 is 0 Å². The maximum Gasteiger partial charge on any atom is 0.253 e. The highest BCUT2D eigenvalue weighted by Gasteiger charge is 2.28. The summed E-state index contributed by atoms with van der Waals surface area (Å²) in [6.07, 6.45) is 1.58. The first-order valence-corrected chi connectivity index (χ1v) is 12.9. The molecule has 0 N–H and O–H groups in total. The molecule has 0 atom stereocenters. The Balaban J connectivity index is 1.73. The van der Waals surface area contributed by atoms with Crippen LogP contribution in [0, 0.1) is 5.82 Å². The molecule has 3 rings (SSSR count). The minimum Gasteiger partial charge on any atom is -0.337 e. The summed E-state index contributed by atoms with van der Waals surface area (Å²) in [6, 6.07) is 11.1. The van der Waals surface area contributed by atoms with Crippen molar-refractivity contribution in [2.75, 3.05) is 32.4 Å². The lowest BCUT2D eigenvalue weighted by molar-refractivity contribution is 0.0764. The summed E-state index contributed by atoms with van der Waals surface area (Å²) in [4.78, 5) is 14.5. The third-order valence-electron chi connectivity index (χ3n) is 4.80. The predicted octanol–water partition coefficient (Wildman–Crippen LogP) is 1.91. The molecular weight excluding hydrogens is 431 g/mol. The second kappa shape index (κ2) is 8.83. The fraction of sp³-hybridized carbons (Fsp3) is 0.350. The van der Waals surface area contributed by atoms with Gasteiger partial charge in [0, 0.05) is 38.0 Å². The predicted molar refractivity (Wildman–Crippen MR) is 111 cm³/mol. The number of sulfone groups is 1. The van der Waals surface area contributed by atoms with Crippen LogP contribution in [0.25, 0.3) is 0 Å². The van der Waals surface area contributed by atoms with Gasteiger partial charge < -0.3 is 4.90 Å². The van der Waals surface area contributed by atoms with Crippen LogP contribution in [-0.2, 0) is 25.6 Å². The smallest absolute Gasteiger partial charge is 0.253 e. The molecule has 1 saturated heterocycles. The minimum absolute atomic E-state index is 0.0113. The Morgan fingerprint density at radius 1 is 0.967 bits per heavy atom. The Morgan fingerprint density at radius 3 is 2.33 bits per heavy atom. The molecule has 0 radical (unpaired) electrons. The van der Waals surface area contributed by atoms with Crippen LogP contribution in [0.3, 0.4) is 0 Å². The molecule has 0 aromatic heterocycles. The Hall–Kier alpha value is -2.30. The molecule has 0 saturated carbocycles. The van der Waals surface area contributed by atoms with Crippen molar-refractivity contribution >= 4 is 25.8 Å². The van der Waals surface area contributed by atoms with Gasteiger partial charge in [0.1, 0.15) is 5.82 Å². The zero-order chi connectivity index (χ0) is 21.9. The zero-order valence-corrected chi connectivity index (χ0v) is 18.1. The fourth-order valence-electron chi connectivity index (χ4n) is 3.37. The van der Waals surface area contributed by atoms with E-state index in [9.17, 15) is 26.0 Å². The van der Waals surface area contributed by atoms with Gasteiger partial charge >= 0.3 is 0 Å². The molecule has 1 amide bonds. The van der Waals surface area contributed by atoms with Crippen LogP contribution in [0.15, 0.2) is 53.4 Å². The molecule has 2 aromatic rings. The number of hydrogen-bond donors (Lipinski definition) is 0. The number of rotatable bonds is 5. The quantitative estimate of drug-likeness (QED) is 0.688.